The lowest BCUT2D eigenvalue weighted by molar-refractivity contribution is -0.116. The first-order valence-corrected chi connectivity index (χ1v) is 6.10. The third-order valence-corrected chi connectivity index (χ3v) is 3.67. The molecule has 0 aromatic heterocycles. The molecule has 1 amide bonds. The second kappa shape index (κ2) is 4.14. The van der Waals surface area contributed by atoms with Gasteiger partial charge in [-0.1, -0.05) is 27.5 Å². The van der Waals surface area contributed by atoms with Crippen LogP contribution in [-0.2, 0) is 4.79 Å². The molecule has 80 valence electrons. The maximum atomic E-state index is 11.8. The van der Waals surface area contributed by atoms with Gasteiger partial charge in [-0.25, -0.2) is 0 Å². The summed E-state index contributed by atoms with van der Waals surface area (Å²) in [6.07, 6.45) is 0.862. The first-order valence-electron chi connectivity index (χ1n) is 4.81. The quantitative estimate of drug-likeness (QED) is 0.727. The Morgan fingerprint density at radius 2 is 2.27 bits per heavy atom. The summed E-state index contributed by atoms with van der Waals surface area (Å²) in [5.41, 5.74) is 2.00. The molecule has 0 spiro atoms. The number of benzene rings is 1. The Kier molecular flexibility index (Phi) is 3.03. The fraction of sp³-hybridized carbons (Fsp3) is 0.364. The van der Waals surface area contributed by atoms with E-state index >= 15 is 0 Å². The van der Waals surface area contributed by atoms with Crippen LogP contribution in [0.5, 0.6) is 0 Å². The Labute approximate surface area is 102 Å². The summed E-state index contributed by atoms with van der Waals surface area (Å²) in [5, 5.41) is 0.707. The third kappa shape index (κ3) is 2.04. The second-order valence-corrected chi connectivity index (χ2v) is 5.22. The summed E-state index contributed by atoms with van der Waals surface area (Å²) in [5.74, 6) is 0.139. The number of rotatable bonds is 1. The minimum atomic E-state index is -0.0346. The summed E-state index contributed by atoms with van der Waals surface area (Å²) in [4.78, 5) is 13.6. The van der Waals surface area contributed by atoms with E-state index in [4.69, 9.17) is 11.6 Å². The third-order valence-electron chi connectivity index (χ3n) is 2.59. The van der Waals surface area contributed by atoms with Crippen molar-refractivity contribution in [2.75, 3.05) is 11.4 Å². The number of carbonyl (C=O) groups excluding carboxylic acids is 1. The van der Waals surface area contributed by atoms with Gasteiger partial charge in [0, 0.05) is 17.3 Å². The van der Waals surface area contributed by atoms with E-state index in [2.05, 4.69) is 15.9 Å². The number of aryl methyl sites for hydroxylation is 1. The molecule has 1 fully saturated rings. The highest BCUT2D eigenvalue weighted by atomic mass is 79.9. The van der Waals surface area contributed by atoms with E-state index in [1.807, 2.05) is 30.0 Å². The largest absolute Gasteiger partial charge is 0.311 e. The van der Waals surface area contributed by atoms with Crippen LogP contribution in [0.3, 0.4) is 0 Å². The smallest absolute Gasteiger partial charge is 0.240 e. The van der Waals surface area contributed by atoms with Crippen LogP contribution >= 0.6 is 27.5 Å². The van der Waals surface area contributed by atoms with Crippen molar-refractivity contribution in [1.29, 1.82) is 0 Å². The van der Waals surface area contributed by atoms with E-state index in [1.165, 1.54) is 0 Å². The lowest BCUT2D eigenvalue weighted by atomic mass is 10.2. The van der Waals surface area contributed by atoms with Gasteiger partial charge in [0.2, 0.25) is 5.91 Å². The van der Waals surface area contributed by atoms with Crippen LogP contribution < -0.4 is 4.90 Å². The molecule has 1 aliphatic rings. The van der Waals surface area contributed by atoms with E-state index in [0.29, 0.717) is 5.02 Å². The van der Waals surface area contributed by atoms with Crippen molar-refractivity contribution in [3.05, 3.63) is 28.8 Å². The van der Waals surface area contributed by atoms with Crippen LogP contribution in [0, 0.1) is 6.92 Å². The van der Waals surface area contributed by atoms with Gasteiger partial charge in [-0.2, -0.15) is 0 Å². The van der Waals surface area contributed by atoms with Gasteiger partial charge in [-0.3, -0.25) is 4.79 Å². The molecule has 1 heterocycles. The fourth-order valence-corrected chi connectivity index (χ4v) is 2.48. The number of halogens is 2. The molecule has 0 N–H and O–H groups in total. The SMILES string of the molecule is Cc1cc(Cl)ccc1N1CCC(Br)C1=O. The Bertz CT molecular complexity index is 408. The minimum Gasteiger partial charge on any atom is -0.311 e. The van der Waals surface area contributed by atoms with E-state index in [9.17, 15) is 4.79 Å². The number of amides is 1. The number of hydrogen-bond donors (Lipinski definition) is 0. The zero-order valence-corrected chi connectivity index (χ0v) is 10.7. The van der Waals surface area contributed by atoms with Gasteiger partial charge in [0.15, 0.2) is 0 Å². The van der Waals surface area contributed by atoms with Gasteiger partial charge in [0.1, 0.15) is 0 Å². The van der Waals surface area contributed by atoms with E-state index in [-0.39, 0.29) is 10.7 Å². The molecule has 1 saturated heterocycles. The van der Waals surface area contributed by atoms with Gasteiger partial charge < -0.3 is 4.90 Å². The lowest BCUT2D eigenvalue weighted by Crippen LogP contribution is -2.27. The molecule has 2 rings (SSSR count). The maximum Gasteiger partial charge on any atom is 0.240 e. The van der Waals surface area contributed by atoms with Crippen LogP contribution in [0.4, 0.5) is 5.69 Å². The molecule has 1 aliphatic heterocycles. The van der Waals surface area contributed by atoms with E-state index in [0.717, 1.165) is 24.2 Å². The van der Waals surface area contributed by atoms with Crippen LogP contribution in [0.2, 0.25) is 5.02 Å². The van der Waals surface area contributed by atoms with Crippen molar-refractivity contribution in [2.45, 2.75) is 18.2 Å². The summed E-state index contributed by atoms with van der Waals surface area (Å²) in [7, 11) is 0. The Hall–Kier alpha value is -0.540. The first-order chi connectivity index (χ1) is 7.09. The number of carbonyl (C=O) groups is 1. The summed E-state index contributed by atoms with van der Waals surface area (Å²) >= 11 is 9.24. The van der Waals surface area contributed by atoms with Gasteiger partial charge in [-0.15, -0.1) is 0 Å². The molecule has 1 aromatic carbocycles. The first kappa shape index (κ1) is 11.0. The minimum absolute atomic E-state index is 0.0346. The number of anilines is 1. The lowest BCUT2D eigenvalue weighted by Gasteiger charge is -2.18. The fourth-order valence-electron chi connectivity index (χ4n) is 1.81. The highest BCUT2D eigenvalue weighted by molar-refractivity contribution is 9.10. The Balaban J connectivity index is 2.34. The molecule has 1 aromatic rings. The molecule has 1 unspecified atom stereocenters. The number of alkyl halides is 1. The van der Waals surface area contributed by atoms with Crippen molar-refractivity contribution >= 4 is 39.1 Å². The summed E-state index contributed by atoms with van der Waals surface area (Å²) in [6.45, 7) is 2.74. The van der Waals surface area contributed by atoms with Gasteiger partial charge in [0.05, 0.1) is 4.83 Å². The monoisotopic (exact) mass is 287 g/mol. The van der Waals surface area contributed by atoms with Crippen molar-refractivity contribution < 1.29 is 4.79 Å². The number of nitrogens with zero attached hydrogens (tertiary/aromatic N) is 1. The molecule has 0 saturated carbocycles. The molecular weight excluding hydrogens is 277 g/mol. The predicted molar refractivity (Wildman–Crippen MR) is 65.9 cm³/mol. The predicted octanol–water partition coefficient (Wildman–Crippen LogP) is 3.15. The average molecular weight is 289 g/mol. The zero-order valence-electron chi connectivity index (χ0n) is 8.34. The van der Waals surface area contributed by atoms with Crippen LogP contribution in [0.1, 0.15) is 12.0 Å². The van der Waals surface area contributed by atoms with Crippen molar-refractivity contribution in [3.63, 3.8) is 0 Å². The molecule has 4 heteroatoms. The van der Waals surface area contributed by atoms with Crippen molar-refractivity contribution in [1.82, 2.24) is 0 Å². The molecule has 0 bridgehead atoms. The Morgan fingerprint density at radius 1 is 1.53 bits per heavy atom. The molecule has 0 radical (unpaired) electrons. The zero-order chi connectivity index (χ0) is 11.0. The van der Waals surface area contributed by atoms with Gasteiger partial charge >= 0.3 is 0 Å². The topological polar surface area (TPSA) is 20.3 Å². The van der Waals surface area contributed by atoms with Gasteiger partial charge in [0.25, 0.3) is 0 Å². The standard InChI is InChI=1S/C11H11BrClNO/c1-7-6-8(13)2-3-10(7)14-5-4-9(12)11(14)15/h2-3,6,9H,4-5H2,1H3. The summed E-state index contributed by atoms with van der Waals surface area (Å²) in [6, 6.07) is 5.60. The highest BCUT2D eigenvalue weighted by Crippen LogP contribution is 2.29. The van der Waals surface area contributed by atoms with E-state index < -0.39 is 0 Å². The molecule has 0 aliphatic carbocycles. The van der Waals surface area contributed by atoms with Crippen LogP contribution in [0.15, 0.2) is 18.2 Å². The normalized spacial score (nSPS) is 21.1. The number of hydrogen-bond acceptors (Lipinski definition) is 1. The molecule has 15 heavy (non-hydrogen) atoms. The van der Waals surface area contributed by atoms with Crippen molar-refractivity contribution in [3.8, 4) is 0 Å². The van der Waals surface area contributed by atoms with Crippen LogP contribution in [0.25, 0.3) is 0 Å². The highest BCUT2D eigenvalue weighted by Gasteiger charge is 2.30. The molecule has 1 atom stereocenters. The van der Waals surface area contributed by atoms with Crippen molar-refractivity contribution in [2.24, 2.45) is 0 Å². The average Bonchev–Trinajstić information content (AvgIpc) is 2.49. The Morgan fingerprint density at radius 3 is 2.80 bits per heavy atom. The molecular formula is C11H11BrClNO. The van der Waals surface area contributed by atoms with E-state index in [1.54, 1.807) is 0 Å². The second-order valence-electron chi connectivity index (χ2n) is 3.68. The summed E-state index contributed by atoms with van der Waals surface area (Å²) < 4.78 is 0. The molecule has 2 nitrogen and oxygen atoms in total. The van der Waals surface area contributed by atoms with Crippen LogP contribution in [-0.4, -0.2) is 17.3 Å². The maximum absolute atomic E-state index is 11.8. The van der Waals surface area contributed by atoms with Gasteiger partial charge in [-0.05, 0) is 37.1 Å².